The highest BCUT2D eigenvalue weighted by Crippen LogP contribution is 2.47. The van der Waals surface area contributed by atoms with E-state index in [1.54, 1.807) is 6.92 Å². The van der Waals surface area contributed by atoms with E-state index in [1.807, 2.05) is 6.92 Å². The molecule has 1 amide bonds. The third-order valence-corrected chi connectivity index (χ3v) is 6.46. The van der Waals surface area contributed by atoms with Gasteiger partial charge < -0.3 is 19.6 Å². The summed E-state index contributed by atoms with van der Waals surface area (Å²) in [5.41, 5.74) is -0.100. The molecule has 30 heavy (non-hydrogen) atoms. The van der Waals surface area contributed by atoms with Crippen molar-refractivity contribution in [1.29, 1.82) is 0 Å². The fourth-order valence-corrected chi connectivity index (χ4v) is 4.85. The molecule has 164 valence electrons. The molecule has 1 saturated heterocycles. The molecule has 1 aliphatic heterocycles. The maximum absolute atomic E-state index is 12.6. The molecule has 2 fully saturated rings. The SMILES string of the molecule is Cc1[nH]c2ccc(OC(F)(F)F)cc2c1CCN1C(=O)OC2(CCCCC2)[C@]1(C)O. The van der Waals surface area contributed by atoms with Crippen LogP contribution in [0.4, 0.5) is 18.0 Å². The number of hydrogen-bond donors (Lipinski definition) is 2. The molecule has 1 aromatic heterocycles. The van der Waals surface area contributed by atoms with Crippen LogP contribution in [-0.4, -0.2) is 45.3 Å². The summed E-state index contributed by atoms with van der Waals surface area (Å²) < 4.78 is 47.5. The molecule has 0 bridgehead atoms. The first-order chi connectivity index (χ1) is 14.0. The highest BCUT2D eigenvalue weighted by atomic mass is 19.4. The summed E-state index contributed by atoms with van der Waals surface area (Å²) in [6.07, 6.45) is -0.915. The second kappa shape index (κ2) is 7.08. The number of aromatic amines is 1. The normalized spacial score (nSPS) is 23.9. The number of H-pyrrole nitrogens is 1. The van der Waals surface area contributed by atoms with E-state index < -0.39 is 23.8 Å². The Morgan fingerprint density at radius 2 is 1.97 bits per heavy atom. The molecule has 4 rings (SSSR count). The van der Waals surface area contributed by atoms with E-state index in [0.29, 0.717) is 30.2 Å². The van der Waals surface area contributed by atoms with Crippen molar-refractivity contribution in [2.75, 3.05) is 6.54 Å². The zero-order valence-corrected chi connectivity index (χ0v) is 16.9. The summed E-state index contributed by atoms with van der Waals surface area (Å²) in [5, 5.41) is 11.8. The standard InChI is InChI=1S/C21H25F3N2O4/c1-13-15(16-12-14(29-21(22,23)24)6-7-17(16)25-13)8-11-26-18(27)30-20(19(26,2)28)9-4-3-5-10-20/h6-7,12,25,28H,3-5,8-11H2,1-2H3/t19-/m0/s1. The maximum Gasteiger partial charge on any atom is 0.573 e. The molecular formula is C21H25F3N2O4. The number of nitrogens with zero attached hydrogens (tertiary/aromatic N) is 1. The van der Waals surface area contributed by atoms with Crippen LogP contribution in [0, 0.1) is 6.92 Å². The van der Waals surface area contributed by atoms with Crippen LogP contribution in [-0.2, 0) is 11.2 Å². The third kappa shape index (κ3) is 3.49. The van der Waals surface area contributed by atoms with Gasteiger partial charge in [-0.25, -0.2) is 4.79 Å². The lowest BCUT2D eigenvalue weighted by Gasteiger charge is -2.42. The smallest absolute Gasteiger partial charge is 0.438 e. The number of benzene rings is 1. The topological polar surface area (TPSA) is 74.8 Å². The summed E-state index contributed by atoms with van der Waals surface area (Å²) in [6.45, 7) is 3.62. The van der Waals surface area contributed by atoms with Crippen molar-refractivity contribution in [3.63, 3.8) is 0 Å². The number of amides is 1. The van der Waals surface area contributed by atoms with Crippen LogP contribution in [0.3, 0.4) is 0 Å². The van der Waals surface area contributed by atoms with Gasteiger partial charge in [-0.15, -0.1) is 13.2 Å². The van der Waals surface area contributed by atoms with E-state index in [9.17, 15) is 23.1 Å². The van der Waals surface area contributed by atoms with Gasteiger partial charge in [-0.2, -0.15) is 0 Å². The minimum absolute atomic E-state index is 0.186. The average Bonchev–Trinajstić information content (AvgIpc) is 3.04. The third-order valence-electron chi connectivity index (χ3n) is 6.46. The number of alkyl halides is 3. The number of nitrogens with one attached hydrogen (secondary N) is 1. The molecule has 1 aliphatic carbocycles. The molecule has 0 radical (unpaired) electrons. The second-order valence-corrected chi connectivity index (χ2v) is 8.33. The summed E-state index contributed by atoms with van der Waals surface area (Å²) in [7, 11) is 0. The highest BCUT2D eigenvalue weighted by molar-refractivity contribution is 5.86. The van der Waals surface area contributed by atoms with Gasteiger partial charge in [-0.1, -0.05) is 6.42 Å². The Balaban J connectivity index is 1.58. The van der Waals surface area contributed by atoms with E-state index in [-0.39, 0.29) is 12.3 Å². The van der Waals surface area contributed by atoms with Crippen molar-refractivity contribution in [3.05, 3.63) is 29.5 Å². The van der Waals surface area contributed by atoms with Crippen LogP contribution in [0.25, 0.3) is 10.9 Å². The fourth-order valence-electron chi connectivity index (χ4n) is 4.85. The zero-order valence-electron chi connectivity index (χ0n) is 16.9. The lowest BCUT2D eigenvalue weighted by Crippen LogP contribution is -2.57. The van der Waals surface area contributed by atoms with Crippen LogP contribution in [0.2, 0.25) is 0 Å². The Kier molecular flexibility index (Phi) is 4.91. The molecular weight excluding hydrogens is 401 g/mol. The van der Waals surface area contributed by atoms with Gasteiger partial charge in [0.1, 0.15) is 5.75 Å². The first-order valence-corrected chi connectivity index (χ1v) is 10.1. The number of carbonyl (C=O) groups excluding carboxylic acids is 1. The number of hydrogen-bond acceptors (Lipinski definition) is 4. The van der Waals surface area contributed by atoms with Gasteiger partial charge in [0.15, 0.2) is 11.3 Å². The quantitative estimate of drug-likeness (QED) is 0.738. The van der Waals surface area contributed by atoms with Crippen molar-refractivity contribution < 1.29 is 32.5 Å². The number of aryl methyl sites for hydroxylation is 1. The highest BCUT2D eigenvalue weighted by Gasteiger charge is 2.61. The molecule has 1 atom stereocenters. The molecule has 2 heterocycles. The van der Waals surface area contributed by atoms with Crippen LogP contribution in [0.1, 0.15) is 50.3 Å². The van der Waals surface area contributed by atoms with E-state index >= 15 is 0 Å². The number of rotatable bonds is 4. The van der Waals surface area contributed by atoms with E-state index in [4.69, 9.17) is 4.74 Å². The predicted molar refractivity (Wildman–Crippen MR) is 103 cm³/mol. The molecule has 1 spiro atoms. The van der Waals surface area contributed by atoms with Crippen molar-refractivity contribution in [3.8, 4) is 5.75 Å². The van der Waals surface area contributed by atoms with Gasteiger partial charge in [0.2, 0.25) is 0 Å². The Morgan fingerprint density at radius 3 is 2.63 bits per heavy atom. The molecule has 9 heteroatoms. The summed E-state index contributed by atoms with van der Waals surface area (Å²) in [6, 6.07) is 4.12. The van der Waals surface area contributed by atoms with Crippen LogP contribution >= 0.6 is 0 Å². The molecule has 0 unspecified atom stereocenters. The van der Waals surface area contributed by atoms with Gasteiger partial charge in [0, 0.05) is 23.1 Å². The molecule has 2 aliphatic rings. The van der Waals surface area contributed by atoms with Gasteiger partial charge >= 0.3 is 12.5 Å². The largest absolute Gasteiger partial charge is 0.573 e. The Bertz CT molecular complexity index is 961. The first-order valence-electron chi connectivity index (χ1n) is 10.1. The van der Waals surface area contributed by atoms with Crippen molar-refractivity contribution in [1.82, 2.24) is 9.88 Å². The number of fused-ring (bicyclic) bond motifs is 1. The number of ether oxygens (including phenoxy) is 2. The van der Waals surface area contributed by atoms with Gasteiger partial charge in [-0.3, -0.25) is 4.90 Å². The lowest BCUT2D eigenvalue weighted by molar-refractivity contribution is -0.274. The van der Waals surface area contributed by atoms with E-state index in [2.05, 4.69) is 9.72 Å². The van der Waals surface area contributed by atoms with Crippen molar-refractivity contribution in [2.24, 2.45) is 0 Å². The lowest BCUT2D eigenvalue weighted by atomic mass is 9.77. The molecule has 1 aromatic carbocycles. The molecule has 1 saturated carbocycles. The molecule has 2 aromatic rings. The minimum atomic E-state index is -4.77. The van der Waals surface area contributed by atoms with Gasteiger partial charge in [-0.05, 0) is 69.7 Å². The number of carbonyl (C=O) groups is 1. The van der Waals surface area contributed by atoms with E-state index in [1.165, 1.54) is 23.1 Å². The predicted octanol–water partition coefficient (Wildman–Crippen LogP) is 4.78. The average molecular weight is 426 g/mol. The number of halogens is 3. The molecule has 2 N–H and O–H groups in total. The maximum atomic E-state index is 12.6. The van der Waals surface area contributed by atoms with E-state index in [0.717, 1.165) is 30.5 Å². The fraction of sp³-hybridized carbons (Fsp3) is 0.571. The zero-order chi connectivity index (χ0) is 21.7. The van der Waals surface area contributed by atoms with Crippen LogP contribution in [0.15, 0.2) is 18.2 Å². The summed E-state index contributed by atoms with van der Waals surface area (Å²) in [4.78, 5) is 17.1. The Hall–Kier alpha value is -2.42. The van der Waals surface area contributed by atoms with Crippen molar-refractivity contribution >= 4 is 17.0 Å². The Labute approximate surface area is 171 Å². The Morgan fingerprint density at radius 1 is 1.27 bits per heavy atom. The summed E-state index contributed by atoms with van der Waals surface area (Å²) in [5.74, 6) is -0.302. The van der Waals surface area contributed by atoms with Gasteiger partial charge in [0.05, 0.1) is 0 Å². The van der Waals surface area contributed by atoms with Crippen LogP contribution in [0.5, 0.6) is 5.75 Å². The first kappa shape index (κ1) is 20.8. The van der Waals surface area contributed by atoms with Crippen molar-refractivity contribution in [2.45, 2.75) is 70.1 Å². The van der Waals surface area contributed by atoms with Gasteiger partial charge in [0.25, 0.3) is 0 Å². The summed E-state index contributed by atoms with van der Waals surface area (Å²) >= 11 is 0. The number of aliphatic hydroxyl groups is 1. The number of aromatic nitrogens is 1. The molecule has 6 nitrogen and oxygen atoms in total. The van der Waals surface area contributed by atoms with Crippen LogP contribution < -0.4 is 4.74 Å². The minimum Gasteiger partial charge on any atom is -0.438 e. The second-order valence-electron chi connectivity index (χ2n) is 8.33. The monoisotopic (exact) mass is 426 g/mol.